The molecule has 5 nitrogen and oxygen atoms in total. The number of carbonyl (C=O) groups excluding carboxylic acids is 2. The third kappa shape index (κ3) is 4.63. The largest absolute Gasteiger partial charge is 0.466 e. The van der Waals surface area contributed by atoms with Crippen molar-refractivity contribution in [2.75, 3.05) is 19.5 Å². The molecule has 2 aromatic carbocycles. The van der Waals surface area contributed by atoms with Gasteiger partial charge in [0, 0.05) is 17.3 Å². The maximum Gasteiger partial charge on any atom is 0.354 e. The van der Waals surface area contributed by atoms with Gasteiger partial charge in [-0.1, -0.05) is 12.1 Å². The smallest absolute Gasteiger partial charge is 0.354 e. The van der Waals surface area contributed by atoms with Crippen LogP contribution in [-0.2, 0) is 19.1 Å². The number of ether oxygens (including phenoxy) is 2. The summed E-state index contributed by atoms with van der Waals surface area (Å²) in [5.41, 5.74) is 1.12. The van der Waals surface area contributed by atoms with Crippen molar-refractivity contribution in [1.29, 1.82) is 0 Å². The summed E-state index contributed by atoms with van der Waals surface area (Å²) in [7, 11) is 2.36. The summed E-state index contributed by atoms with van der Waals surface area (Å²) >= 11 is 0. The normalized spacial score (nSPS) is 11.0. The first-order valence-electron chi connectivity index (χ1n) is 7.15. The molecule has 0 saturated carbocycles. The lowest BCUT2D eigenvalue weighted by Gasteiger charge is -2.10. The van der Waals surface area contributed by atoms with Crippen LogP contribution in [0.15, 0.2) is 54.2 Å². The second-order valence-electron chi connectivity index (χ2n) is 4.90. The lowest BCUT2D eigenvalue weighted by atomic mass is 10.0. The molecule has 130 valence electrons. The summed E-state index contributed by atoms with van der Waals surface area (Å²) in [4.78, 5) is 23.0. The summed E-state index contributed by atoms with van der Waals surface area (Å²) in [6.07, 6.45) is 0.958. The molecule has 0 fully saturated rings. The monoisotopic (exact) mass is 347 g/mol. The van der Waals surface area contributed by atoms with Crippen LogP contribution in [0.25, 0.3) is 11.1 Å². The molecule has 2 aromatic rings. The molecule has 0 amide bonds. The van der Waals surface area contributed by atoms with Crippen molar-refractivity contribution in [2.45, 2.75) is 0 Å². The molecule has 1 N–H and O–H groups in total. The summed E-state index contributed by atoms with van der Waals surface area (Å²) in [5.74, 6) is -2.81. The quantitative estimate of drug-likeness (QED) is 0.664. The Hall–Kier alpha value is -3.22. The standard InChI is InChI=1S/C18H15F2NO4/c1-24-17(22)10-16(18(23)25-2)21-13-6-3-11(4-7-13)14-8-5-12(19)9-15(14)20/h3-10,21H,1-2H3/b16-10+. The minimum Gasteiger partial charge on any atom is -0.466 e. The van der Waals surface area contributed by atoms with Crippen molar-refractivity contribution < 1.29 is 27.8 Å². The molecule has 0 heterocycles. The van der Waals surface area contributed by atoms with Crippen LogP contribution in [0.5, 0.6) is 0 Å². The van der Waals surface area contributed by atoms with E-state index >= 15 is 0 Å². The second kappa shape index (κ2) is 8.05. The van der Waals surface area contributed by atoms with Gasteiger partial charge in [0.2, 0.25) is 0 Å². The van der Waals surface area contributed by atoms with Crippen LogP contribution in [0.1, 0.15) is 0 Å². The van der Waals surface area contributed by atoms with Crippen molar-refractivity contribution in [3.63, 3.8) is 0 Å². The average molecular weight is 347 g/mol. The summed E-state index contributed by atoms with van der Waals surface area (Å²) in [6, 6.07) is 9.63. The van der Waals surface area contributed by atoms with E-state index in [-0.39, 0.29) is 11.3 Å². The Kier molecular flexibility index (Phi) is 5.84. The molecule has 0 atom stereocenters. The zero-order chi connectivity index (χ0) is 18.4. The average Bonchev–Trinajstić information content (AvgIpc) is 2.61. The van der Waals surface area contributed by atoms with Crippen molar-refractivity contribution >= 4 is 17.6 Å². The van der Waals surface area contributed by atoms with E-state index in [0.29, 0.717) is 11.3 Å². The predicted octanol–water partition coefficient (Wildman–Crippen LogP) is 3.27. The number of hydrogen-bond acceptors (Lipinski definition) is 5. The van der Waals surface area contributed by atoms with Crippen molar-refractivity contribution in [3.05, 3.63) is 65.9 Å². The molecule has 0 spiro atoms. The predicted molar refractivity (Wildman–Crippen MR) is 87.5 cm³/mol. The summed E-state index contributed by atoms with van der Waals surface area (Å²) in [6.45, 7) is 0. The van der Waals surface area contributed by atoms with Crippen LogP contribution in [0, 0.1) is 11.6 Å². The van der Waals surface area contributed by atoms with Crippen LogP contribution in [0.4, 0.5) is 14.5 Å². The van der Waals surface area contributed by atoms with Crippen LogP contribution < -0.4 is 5.32 Å². The van der Waals surface area contributed by atoms with Crippen LogP contribution in [-0.4, -0.2) is 26.2 Å². The molecule has 0 saturated heterocycles. The third-order valence-electron chi connectivity index (χ3n) is 3.27. The molecule has 0 radical (unpaired) electrons. The Balaban J connectivity index is 2.25. The number of nitrogens with one attached hydrogen (secondary N) is 1. The van der Waals surface area contributed by atoms with E-state index in [0.717, 1.165) is 12.1 Å². The molecule has 0 aliphatic heterocycles. The van der Waals surface area contributed by atoms with E-state index < -0.39 is 23.6 Å². The minimum absolute atomic E-state index is 0.116. The van der Waals surface area contributed by atoms with Crippen molar-refractivity contribution in [3.8, 4) is 11.1 Å². The summed E-state index contributed by atoms with van der Waals surface area (Å²) in [5, 5.41) is 2.73. The van der Waals surface area contributed by atoms with Gasteiger partial charge < -0.3 is 14.8 Å². The number of methoxy groups -OCH3 is 2. The van der Waals surface area contributed by atoms with Crippen LogP contribution >= 0.6 is 0 Å². The molecule has 7 heteroatoms. The van der Waals surface area contributed by atoms with Gasteiger partial charge in [0.25, 0.3) is 0 Å². The first kappa shape index (κ1) is 18.1. The van der Waals surface area contributed by atoms with Gasteiger partial charge in [0.05, 0.1) is 20.3 Å². The van der Waals surface area contributed by atoms with Gasteiger partial charge in [0.1, 0.15) is 17.3 Å². The first-order chi connectivity index (χ1) is 11.9. The zero-order valence-electron chi connectivity index (χ0n) is 13.5. The number of hydrogen-bond donors (Lipinski definition) is 1. The van der Waals surface area contributed by atoms with E-state index in [9.17, 15) is 18.4 Å². The fourth-order valence-electron chi connectivity index (χ4n) is 2.04. The van der Waals surface area contributed by atoms with Gasteiger partial charge >= 0.3 is 11.9 Å². The van der Waals surface area contributed by atoms with Gasteiger partial charge in [0.15, 0.2) is 0 Å². The maximum absolute atomic E-state index is 13.8. The highest BCUT2D eigenvalue weighted by Crippen LogP contribution is 2.25. The maximum atomic E-state index is 13.8. The number of carbonyl (C=O) groups is 2. The topological polar surface area (TPSA) is 64.6 Å². The van der Waals surface area contributed by atoms with Gasteiger partial charge in [-0.25, -0.2) is 18.4 Å². The molecule has 25 heavy (non-hydrogen) atoms. The molecular formula is C18H15F2NO4. The van der Waals surface area contributed by atoms with Crippen molar-refractivity contribution in [2.24, 2.45) is 0 Å². The van der Waals surface area contributed by atoms with E-state index in [4.69, 9.17) is 0 Å². The number of esters is 2. The summed E-state index contributed by atoms with van der Waals surface area (Å²) < 4.78 is 35.8. The molecule has 2 rings (SSSR count). The molecule has 0 aliphatic carbocycles. The Morgan fingerprint density at radius 1 is 1.00 bits per heavy atom. The Bertz CT molecular complexity index is 816. The highest BCUT2D eigenvalue weighted by Gasteiger charge is 2.13. The Morgan fingerprint density at radius 2 is 1.68 bits per heavy atom. The number of rotatable bonds is 5. The first-order valence-corrected chi connectivity index (χ1v) is 7.15. The lowest BCUT2D eigenvalue weighted by molar-refractivity contribution is -0.138. The molecule has 0 unspecified atom stereocenters. The molecule has 0 bridgehead atoms. The fourth-order valence-corrected chi connectivity index (χ4v) is 2.04. The lowest BCUT2D eigenvalue weighted by Crippen LogP contribution is -2.15. The van der Waals surface area contributed by atoms with E-state index in [1.165, 1.54) is 26.4 Å². The van der Waals surface area contributed by atoms with E-state index in [1.807, 2.05) is 0 Å². The van der Waals surface area contributed by atoms with Gasteiger partial charge in [-0.2, -0.15) is 0 Å². The number of halogens is 2. The number of benzene rings is 2. The SMILES string of the molecule is COC(=O)/C=C(/Nc1ccc(-c2ccc(F)cc2F)cc1)C(=O)OC. The molecular weight excluding hydrogens is 332 g/mol. The Morgan fingerprint density at radius 3 is 2.24 bits per heavy atom. The van der Waals surface area contributed by atoms with E-state index in [2.05, 4.69) is 14.8 Å². The highest BCUT2D eigenvalue weighted by atomic mass is 19.1. The molecule has 0 aromatic heterocycles. The van der Waals surface area contributed by atoms with Gasteiger partial charge in [-0.05, 0) is 29.8 Å². The Labute approximate surface area is 142 Å². The highest BCUT2D eigenvalue weighted by molar-refractivity contribution is 5.98. The fraction of sp³-hybridized carbons (Fsp3) is 0.111. The van der Waals surface area contributed by atoms with E-state index in [1.54, 1.807) is 24.3 Å². The third-order valence-corrected chi connectivity index (χ3v) is 3.27. The molecule has 0 aliphatic rings. The van der Waals surface area contributed by atoms with Gasteiger partial charge in [-0.3, -0.25) is 0 Å². The van der Waals surface area contributed by atoms with Crippen molar-refractivity contribution in [1.82, 2.24) is 0 Å². The minimum atomic E-state index is -0.751. The number of anilines is 1. The van der Waals surface area contributed by atoms with Crippen LogP contribution in [0.2, 0.25) is 0 Å². The zero-order valence-corrected chi connectivity index (χ0v) is 13.5. The van der Waals surface area contributed by atoms with Crippen LogP contribution in [0.3, 0.4) is 0 Å². The van der Waals surface area contributed by atoms with Gasteiger partial charge in [-0.15, -0.1) is 0 Å². The second-order valence-corrected chi connectivity index (χ2v) is 4.90.